The van der Waals surface area contributed by atoms with Crippen LogP contribution in [0.4, 0.5) is 5.82 Å². The molecular formula is C17H24N2O2. The van der Waals surface area contributed by atoms with Gasteiger partial charge in [0.05, 0.1) is 0 Å². The van der Waals surface area contributed by atoms with Gasteiger partial charge in [0.15, 0.2) is 0 Å². The number of pyridine rings is 1. The third kappa shape index (κ3) is 2.76. The van der Waals surface area contributed by atoms with Crippen LogP contribution in [0.3, 0.4) is 0 Å². The number of piperidine rings is 1. The summed E-state index contributed by atoms with van der Waals surface area (Å²) < 4.78 is 0. The van der Waals surface area contributed by atoms with Crippen molar-refractivity contribution >= 4 is 11.8 Å². The van der Waals surface area contributed by atoms with Crippen LogP contribution in [-0.2, 0) is 12.8 Å². The van der Waals surface area contributed by atoms with E-state index in [1.54, 1.807) is 0 Å². The van der Waals surface area contributed by atoms with Crippen molar-refractivity contribution in [1.82, 2.24) is 4.98 Å². The van der Waals surface area contributed by atoms with E-state index in [1.807, 2.05) is 6.07 Å². The fourth-order valence-corrected chi connectivity index (χ4v) is 3.70. The number of hydrogen-bond donors (Lipinski definition) is 1. The summed E-state index contributed by atoms with van der Waals surface area (Å²) >= 11 is 0. The number of aryl methyl sites for hydroxylation is 2. The van der Waals surface area contributed by atoms with Gasteiger partial charge in [-0.05, 0) is 63.0 Å². The zero-order valence-electron chi connectivity index (χ0n) is 12.8. The first-order chi connectivity index (χ1) is 10.2. The first kappa shape index (κ1) is 14.4. The minimum Gasteiger partial charge on any atom is -0.478 e. The predicted molar refractivity (Wildman–Crippen MR) is 83.1 cm³/mol. The summed E-state index contributed by atoms with van der Waals surface area (Å²) in [5, 5.41) is 9.59. The van der Waals surface area contributed by atoms with Crippen LogP contribution in [0.5, 0.6) is 0 Å². The van der Waals surface area contributed by atoms with E-state index in [0.717, 1.165) is 62.1 Å². The number of anilines is 1. The van der Waals surface area contributed by atoms with Gasteiger partial charge in [-0.2, -0.15) is 0 Å². The van der Waals surface area contributed by atoms with E-state index in [9.17, 15) is 9.90 Å². The molecule has 1 aromatic rings. The third-order valence-electron chi connectivity index (χ3n) is 4.88. The molecule has 1 aliphatic carbocycles. The molecule has 3 rings (SSSR count). The van der Waals surface area contributed by atoms with Crippen molar-refractivity contribution in [1.29, 1.82) is 0 Å². The Hall–Kier alpha value is -1.58. The average molecular weight is 288 g/mol. The van der Waals surface area contributed by atoms with Crippen molar-refractivity contribution in [2.24, 2.45) is 0 Å². The standard InChI is InChI=1S/C17H24N2O2/c1-2-13-8-5-6-10-19(13)16-14(17(20)21)11-12-7-3-4-9-15(12)18-16/h11,13H,2-10H2,1H3,(H,20,21). The molecule has 4 heteroatoms. The first-order valence-electron chi connectivity index (χ1n) is 8.23. The topological polar surface area (TPSA) is 53.4 Å². The fraction of sp³-hybridized carbons (Fsp3) is 0.647. The minimum atomic E-state index is -0.841. The number of aromatic carboxylic acids is 1. The lowest BCUT2D eigenvalue weighted by Gasteiger charge is -2.37. The maximum Gasteiger partial charge on any atom is 0.339 e. The molecule has 1 atom stereocenters. The molecule has 0 saturated carbocycles. The number of nitrogens with zero attached hydrogens (tertiary/aromatic N) is 2. The van der Waals surface area contributed by atoms with E-state index in [1.165, 1.54) is 12.8 Å². The molecule has 114 valence electrons. The second-order valence-electron chi connectivity index (χ2n) is 6.23. The van der Waals surface area contributed by atoms with Gasteiger partial charge in [0.25, 0.3) is 0 Å². The van der Waals surface area contributed by atoms with Crippen LogP contribution >= 0.6 is 0 Å². The van der Waals surface area contributed by atoms with E-state index in [0.29, 0.717) is 11.6 Å². The second kappa shape index (κ2) is 6.04. The Morgan fingerprint density at radius 1 is 1.33 bits per heavy atom. The molecule has 0 spiro atoms. The molecule has 1 fully saturated rings. The predicted octanol–water partition coefficient (Wildman–Crippen LogP) is 3.43. The lowest BCUT2D eigenvalue weighted by molar-refractivity contribution is 0.0696. The largest absolute Gasteiger partial charge is 0.478 e. The summed E-state index contributed by atoms with van der Waals surface area (Å²) in [7, 11) is 0. The summed E-state index contributed by atoms with van der Waals surface area (Å²) in [6, 6.07) is 2.33. The van der Waals surface area contributed by atoms with Crippen LogP contribution in [0, 0.1) is 0 Å². The molecule has 4 nitrogen and oxygen atoms in total. The van der Waals surface area contributed by atoms with Gasteiger partial charge in [-0.15, -0.1) is 0 Å². The zero-order valence-corrected chi connectivity index (χ0v) is 12.8. The Bertz CT molecular complexity index is 542. The van der Waals surface area contributed by atoms with Crippen LogP contribution < -0.4 is 4.90 Å². The summed E-state index contributed by atoms with van der Waals surface area (Å²) in [6.45, 7) is 3.12. The number of carboxylic acids is 1. The summed E-state index contributed by atoms with van der Waals surface area (Å²) in [4.78, 5) is 18.7. The van der Waals surface area contributed by atoms with E-state index in [2.05, 4.69) is 11.8 Å². The molecule has 1 aromatic heterocycles. The van der Waals surface area contributed by atoms with E-state index >= 15 is 0 Å². The van der Waals surface area contributed by atoms with Crippen molar-refractivity contribution in [3.05, 3.63) is 22.9 Å². The van der Waals surface area contributed by atoms with Gasteiger partial charge < -0.3 is 10.0 Å². The Morgan fingerprint density at radius 3 is 2.90 bits per heavy atom. The van der Waals surface area contributed by atoms with Gasteiger partial charge in [-0.3, -0.25) is 0 Å². The number of fused-ring (bicyclic) bond motifs is 1. The molecular weight excluding hydrogens is 264 g/mol. The molecule has 1 aliphatic heterocycles. The Kier molecular flexibility index (Phi) is 4.13. The van der Waals surface area contributed by atoms with E-state index < -0.39 is 5.97 Å². The van der Waals surface area contributed by atoms with Crippen molar-refractivity contribution in [3.8, 4) is 0 Å². The molecule has 0 bridgehead atoms. The van der Waals surface area contributed by atoms with Crippen molar-refractivity contribution < 1.29 is 9.90 Å². The highest BCUT2D eigenvalue weighted by Gasteiger charge is 2.28. The number of carboxylic acid groups (broad SMARTS) is 1. The highest BCUT2D eigenvalue weighted by Crippen LogP contribution is 2.31. The van der Waals surface area contributed by atoms with Crippen LogP contribution in [0.1, 0.15) is 67.1 Å². The summed E-state index contributed by atoms with van der Waals surface area (Å²) in [5.74, 6) is -0.124. The zero-order chi connectivity index (χ0) is 14.8. The maximum atomic E-state index is 11.7. The van der Waals surface area contributed by atoms with E-state index in [-0.39, 0.29) is 0 Å². The SMILES string of the molecule is CCC1CCCCN1c1nc2c(cc1C(=O)O)CCCC2. The molecule has 2 aliphatic rings. The number of aromatic nitrogens is 1. The number of rotatable bonds is 3. The smallest absolute Gasteiger partial charge is 0.339 e. The normalized spacial score (nSPS) is 22.0. The van der Waals surface area contributed by atoms with E-state index in [4.69, 9.17) is 4.98 Å². The molecule has 1 N–H and O–H groups in total. The third-order valence-corrected chi connectivity index (χ3v) is 4.88. The number of carbonyl (C=O) groups is 1. The van der Waals surface area contributed by atoms with Gasteiger partial charge in [-0.25, -0.2) is 9.78 Å². The molecule has 1 unspecified atom stereocenters. The van der Waals surface area contributed by atoms with Crippen LogP contribution in [0.15, 0.2) is 6.07 Å². The maximum absolute atomic E-state index is 11.7. The monoisotopic (exact) mass is 288 g/mol. The second-order valence-corrected chi connectivity index (χ2v) is 6.23. The minimum absolute atomic E-state index is 0.399. The highest BCUT2D eigenvalue weighted by atomic mass is 16.4. The fourth-order valence-electron chi connectivity index (χ4n) is 3.70. The summed E-state index contributed by atoms with van der Waals surface area (Å²) in [6.07, 6.45) is 8.85. The van der Waals surface area contributed by atoms with Crippen molar-refractivity contribution in [3.63, 3.8) is 0 Å². The van der Waals surface area contributed by atoms with Crippen LogP contribution in [0.2, 0.25) is 0 Å². The van der Waals surface area contributed by atoms with Crippen LogP contribution in [0.25, 0.3) is 0 Å². The van der Waals surface area contributed by atoms with Crippen molar-refractivity contribution in [2.75, 3.05) is 11.4 Å². The lowest BCUT2D eigenvalue weighted by atomic mass is 9.93. The summed E-state index contributed by atoms with van der Waals surface area (Å²) in [5.41, 5.74) is 2.67. The first-order valence-corrected chi connectivity index (χ1v) is 8.23. The Labute approximate surface area is 126 Å². The number of hydrogen-bond acceptors (Lipinski definition) is 3. The van der Waals surface area contributed by atoms with Gasteiger partial charge in [0.1, 0.15) is 11.4 Å². The molecule has 1 saturated heterocycles. The van der Waals surface area contributed by atoms with Gasteiger partial charge in [-0.1, -0.05) is 6.92 Å². The Balaban J connectivity index is 2.04. The quantitative estimate of drug-likeness (QED) is 0.926. The molecule has 0 amide bonds. The average Bonchev–Trinajstić information content (AvgIpc) is 2.53. The molecule has 21 heavy (non-hydrogen) atoms. The van der Waals surface area contributed by atoms with Gasteiger partial charge >= 0.3 is 5.97 Å². The Morgan fingerprint density at radius 2 is 2.14 bits per heavy atom. The van der Waals surface area contributed by atoms with Crippen molar-refractivity contribution in [2.45, 2.75) is 64.3 Å². The molecule has 2 heterocycles. The molecule has 0 aromatic carbocycles. The highest BCUT2D eigenvalue weighted by molar-refractivity contribution is 5.93. The van der Waals surface area contributed by atoms with Gasteiger partial charge in [0, 0.05) is 18.3 Å². The van der Waals surface area contributed by atoms with Crippen LogP contribution in [-0.4, -0.2) is 28.6 Å². The van der Waals surface area contributed by atoms with Gasteiger partial charge in [0.2, 0.25) is 0 Å². The molecule has 0 radical (unpaired) electrons. The lowest BCUT2D eigenvalue weighted by Crippen LogP contribution is -2.40.